The molecule has 0 amide bonds. The third kappa shape index (κ3) is 8.13. The lowest BCUT2D eigenvalue weighted by atomic mass is 10.1. The first-order valence-electron chi connectivity index (χ1n) is 6.23. The standard InChI is InChI=1S/C13H26F2N2/c1-10(2)6-7-17(5)9-11(3)16-13(8-14)12(4)15/h10-11,16H,6-9H2,1-5H3/b13-12-. The minimum atomic E-state index is -0.775. The number of alkyl halides is 1. The predicted molar refractivity (Wildman–Crippen MR) is 69.3 cm³/mol. The summed E-state index contributed by atoms with van der Waals surface area (Å²) in [5.74, 6) is 0.208. The second-order valence-electron chi connectivity index (χ2n) is 5.14. The number of halogens is 2. The molecular formula is C13H26F2N2. The quantitative estimate of drug-likeness (QED) is 0.710. The van der Waals surface area contributed by atoms with Gasteiger partial charge < -0.3 is 10.2 Å². The van der Waals surface area contributed by atoms with Gasteiger partial charge in [-0.2, -0.15) is 0 Å². The van der Waals surface area contributed by atoms with Crippen molar-refractivity contribution in [3.05, 3.63) is 11.5 Å². The van der Waals surface area contributed by atoms with Crippen LogP contribution < -0.4 is 5.32 Å². The van der Waals surface area contributed by atoms with Crippen LogP contribution in [0.15, 0.2) is 11.5 Å². The Morgan fingerprint density at radius 1 is 1.29 bits per heavy atom. The highest BCUT2D eigenvalue weighted by Crippen LogP contribution is 2.05. The molecule has 0 aromatic heterocycles. The maximum Gasteiger partial charge on any atom is 0.131 e. The van der Waals surface area contributed by atoms with Gasteiger partial charge in [-0.1, -0.05) is 13.8 Å². The molecule has 0 fully saturated rings. The molecular weight excluding hydrogens is 222 g/mol. The zero-order chi connectivity index (χ0) is 13.4. The van der Waals surface area contributed by atoms with Crippen molar-refractivity contribution in [2.75, 3.05) is 26.8 Å². The van der Waals surface area contributed by atoms with Gasteiger partial charge in [0.25, 0.3) is 0 Å². The lowest BCUT2D eigenvalue weighted by Crippen LogP contribution is -2.38. The first-order valence-corrected chi connectivity index (χ1v) is 6.23. The molecule has 0 bridgehead atoms. The Hall–Kier alpha value is -0.640. The molecule has 4 heteroatoms. The number of rotatable bonds is 8. The molecule has 102 valence electrons. The highest BCUT2D eigenvalue weighted by Gasteiger charge is 2.10. The van der Waals surface area contributed by atoms with E-state index in [0.717, 1.165) is 19.5 Å². The zero-order valence-electron chi connectivity index (χ0n) is 11.7. The molecule has 17 heavy (non-hydrogen) atoms. The van der Waals surface area contributed by atoms with E-state index in [1.807, 2.05) is 14.0 Å². The van der Waals surface area contributed by atoms with E-state index < -0.39 is 12.5 Å². The van der Waals surface area contributed by atoms with Gasteiger partial charge in [0, 0.05) is 12.6 Å². The predicted octanol–water partition coefficient (Wildman–Crippen LogP) is 3.11. The highest BCUT2D eigenvalue weighted by molar-refractivity contribution is 5.05. The molecule has 0 aliphatic rings. The minimum Gasteiger partial charge on any atom is -0.380 e. The second kappa shape index (κ2) is 8.45. The van der Waals surface area contributed by atoms with E-state index in [4.69, 9.17) is 0 Å². The third-order valence-electron chi connectivity index (χ3n) is 2.64. The molecule has 0 rings (SSSR count). The summed E-state index contributed by atoms with van der Waals surface area (Å²) < 4.78 is 25.4. The van der Waals surface area contributed by atoms with Crippen molar-refractivity contribution in [3.63, 3.8) is 0 Å². The fraction of sp³-hybridized carbons (Fsp3) is 0.846. The summed E-state index contributed by atoms with van der Waals surface area (Å²) in [4.78, 5) is 2.18. The van der Waals surface area contributed by atoms with Crippen LogP contribution in [-0.2, 0) is 0 Å². The molecule has 0 aromatic carbocycles. The maximum atomic E-state index is 12.9. The van der Waals surface area contributed by atoms with Gasteiger partial charge in [0.1, 0.15) is 12.5 Å². The van der Waals surface area contributed by atoms with Crippen molar-refractivity contribution in [1.82, 2.24) is 10.2 Å². The fourth-order valence-corrected chi connectivity index (χ4v) is 1.61. The van der Waals surface area contributed by atoms with Gasteiger partial charge in [0.2, 0.25) is 0 Å². The van der Waals surface area contributed by atoms with E-state index in [9.17, 15) is 8.78 Å². The maximum absolute atomic E-state index is 12.9. The van der Waals surface area contributed by atoms with Gasteiger partial charge in [0.15, 0.2) is 0 Å². The van der Waals surface area contributed by atoms with Crippen LogP contribution in [0.3, 0.4) is 0 Å². The van der Waals surface area contributed by atoms with E-state index in [0.29, 0.717) is 5.92 Å². The Kier molecular flexibility index (Phi) is 8.13. The molecule has 1 unspecified atom stereocenters. The topological polar surface area (TPSA) is 15.3 Å². The van der Waals surface area contributed by atoms with E-state index in [1.165, 1.54) is 6.92 Å². The molecule has 1 N–H and O–H groups in total. The van der Waals surface area contributed by atoms with Crippen LogP contribution in [0.25, 0.3) is 0 Å². The van der Waals surface area contributed by atoms with Gasteiger partial charge in [-0.05, 0) is 39.8 Å². The third-order valence-corrected chi connectivity index (χ3v) is 2.64. The van der Waals surface area contributed by atoms with Crippen molar-refractivity contribution >= 4 is 0 Å². The SMILES string of the molecule is C/C(F)=C(\CF)NC(C)CN(C)CCC(C)C. The molecule has 0 heterocycles. The van der Waals surface area contributed by atoms with Crippen LogP contribution in [-0.4, -0.2) is 37.8 Å². The molecule has 0 aliphatic carbocycles. The molecule has 0 aromatic rings. The number of allylic oxidation sites excluding steroid dienone is 2. The summed E-state index contributed by atoms with van der Waals surface area (Å²) in [6.45, 7) is 8.60. The Morgan fingerprint density at radius 3 is 2.29 bits per heavy atom. The van der Waals surface area contributed by atoms with Crippen molar-refractivity contribution in [3.8, 4) is 0 Å². The molecule has 0 saturated heterocycles. The van der Waals surface area contributed by atoms with E-state index in [1.54, 1.807) is 0 Å². The van der Waals surface area contributed by atoms with Crippen LogP contribution in [0.4, 0.5) is 8.78 Å². The lowest BCUT2D eigenvalue weighted by molar-refractivity contribution is 0.282. The molecule has 0 spiro atoms. The Bertz CT molecular complexity index is 236. The Balaban J connectivity index is 4.00. The normalized spacial score (nSPS) is 15.1. The number of likely N-dealkylation sites (N-methyl/N-ethyl adjacent to an activating group) is 1. The summed E-state index contributed by atoms with van der Waals surface area (Å²) in [5.41, 5.74) is 0.0646. The largest absolute Gasteiger partial charge is 0.380 e. The first-order chi connectivity index (χ1) is 7.86. The van der Waals surface area contributed by atoms with Crippen LogP contribution in [0.5, 0.6) is 0 Å². The van der Waals surface area contributed by atoms with Gasteiger partial charge >= 0.3 is 0 Å². The molecule has 1 atom stereocenters. The van der Waals surface area contributed by atoms with Crippen molar-refractivity contribution in [2.45, 2.75) is 40.2 Å². The minimum absolute atomic E-state index is 0.0450. The van der Waals surface area contributed by atoms with Crippen molar-refractivity contribution < 1.29 is 8.78 Å². The molecule has 2 nitrogen and oxygen atoms in total. The lowest BCUT2D eigenvalue weighted by Gasteiger charge is -2.24. The average Bonchev–Trinajstić information content (AvgIpc) is 2.22. The Morgan fingerprint density at radius 2 is 1.88 bits per heavy atom. The number of hydrogen-bond donors (Lipinski definition) is 1. The first kappa shape index (κ1) is 16.4. The number of nitrogens with zero attached hydrogens (tertiary/aromatic N) is 1. The zero-order valence-corrected chi connectivity index (χ0v) is 11.7. The van der Waals surface area contributed by atoms with Crippen LogP contribution in [0.1, 0.15) is 34.1 Å². The summed E-state index contributed by atoms with van der Waals surface area (Å²) in [7, 11) is 2.03. The smallest absolute Gasteiger partial charge is 0.131 e. The van der Waals surface area contributed by atoms with E-state index >= 15 is 0 Å². The van der Waals surface area contributed by atoms with Crippen LogP contribution >= 0.6 is 0 Å². The van der Waals surface area contributed by atoms with Gasteiger partial charge in [0.05, 0.1) is 5.70 Å². The monoisotopic (exact) mass is 248 g/mol. The van der Waals surface area contributed by atoms with Gasteiger partial charge in [-0.3, -0.25) is 0 Å². The average molecular weight is 248 g/mol. The van der Waals surface area contributed by atoms with Gasteiger partial charge in [-0.25, -0.2) is 8.78 Å². The Labute approximate surface area is 104 Å². The van der Waals surface area contributed by atoms with Crippen molar-refractivity contribution in [1.29, 1.82) is 0 Å². The molecule has 0 aliphatic heterocycles. The number of nitrogens with one attached hydrogen (secondary N) is 1. The fourth-order valence-electron chi connectivity index (χ4n) is 1.61. The van der Waals surface area contributed by atoms with Gasteiger partial charge in [-0.15, -0.1) is 0 Å². The summed E-state index contributed by atoms with van der Waals surface area (Å²) in [5, 5.41) is 2.87. The number of hydrogen-bond acceptors (Lipinski definition) is 2. The molecule has 0 saturated carbocycles. The van der Waals surface area contributed by atoms with E-state index in [-0.39, 0.29) is 11.7 Å². The van der Waals surface area contributed by atoms with Crippen LogP contribution in [0.2, 0.25) is 0 Å². The van der Waals surface area contributed by atoms with Crippen LogP contribution in [0, 0.1) is 5.92 Å². The summed E-state index contributed by atoms with van der Waals surface area (Å²) >= 11 is 0. The second-order valence-corrected chi connectivity index (χ2v) is 5.14. The van der Waals surface area contributed by atoms with Crippen molar-refractivity contribution in [2.24, 2.45) is 5.92 Å². The highest BCUT2D eigenvalue weighted by atomic mass is 19.1. The summed E-state index contributed by atoms with van der Waals surface area (Å²) in [6.07, 6.45) is 1.14. The summed E-state index contributed by atoms with van der Waals surface area (Å²) in [6, 6.07) is 0.0450. The van der Waals surface area contributed by atoms with E-state index in [2.05, 4.69) is 24.1 Å². The molecule has 0 radical (unpaired) electrons.